The van der Waals surface area contributed by atoms with E-state index < -0.39 is 5.41 Å². The summed E-state index contributed by atoms with van der Waals surface area (Å²) in [4.78, 5) is 15.5. The third-order valence-corrected chi connectivity index (χ3v) is 18.2. The maximum Gasteiger partial charge on any atom is 0.134 e. The molecule has 0 radical (unpaired) electrons. The van der Waals surface area contributed by atoms with Crippen molar-refractivity contribution in [3.8, 4) is 56.8 Å². The molecule has 7 aromatic heterocycles. The molecule has 8 heterocycles. The van der Waals surface area contributed by atoms with Crippen LogP contribution in [0.3, 0.4) is 0 Å². The first-order valence-electron chi connectivity index (χ1n) is 28.6. The normalized spacial score (nSPS) is 14.3. The van der Waals surface area contributed by atoms with Gasteiger partial charge in [0.15, 0.2) is 0 Å². The van der Waals surface area contributed by atoms with Gasteiger partial charge < -0.3 is 23.0 Å². The lowest BCUT2D eigenvalue weighted by Gasteiger charge is -2.39. The van der Waals surface area contributed by atoms with Crippen LogP contribution in [0.15, 0.2) is 274 Å². The second-order valence-corrected chi connectivity index (χ2v) is 22.3. The van der Waals surface area contributed by atoms with Gasteiger partial charge in [-0.3, -0.25) is 15.0 Å². The minimum Gasteiger partial charge on any atom is -0.457 e. The molecule has 2 aliphatic rings. The van der Waals surface area contributed by atoms with E-state index in [0.29, 0.717) is 0 Å². The third kappa shape index (κ3) is 5.97. The fourth-order valence-corrected chi connectivity index (χ4v) is 14.8. The Bertz CT molecular complexity index is 5540. The highest BCUT2D eigenvalue weighted by Crippen LogP contribution is 2.62. The summed E-state index contributed by atoms with van der Waals surface area (Å²) in [6.45, 7) is 0. The molecule has 8 nitrogen and oxygen atoms in total. The second-order valence-electron chi connectivity index (χ2n) is 22.3. The van der Waals surface area contributed by atoms with Crippen LogP contribution < -0.4 is 4.74 Å². The number of hydrogen-bond donors (Lipinski definition) is 0. The zero-order valence-corrected chi connectivity index (χ0v) is 45.0. The number of pyridine rings is 3. The standard InChI is InChI=1S/C76H45N7O/c1-8-24-62-50(16-1)51-17-2-9-25-63(51)80(62)48-33-34-58-73(43-48)84-72-36-32-47(41-60(72)76(58)59-23-15-38-78-74(59)75-61(76)42-49(44-79-75)81-64-26-10-3-18-52(64)53-19-4-11-27-65(53)81)46-31-35-69-57(40-46)56-22-7-14-30-68(56)82(69)70-37-39-77-45-71(70)83-66-28-12-5-20-54(66)55-21-6-13-29-67(55)83/h1-45H. The molecule has 0 saturated carbocycles. The van der Waals surface area contributed by atoms with Crippen molar-refractivity contribution in [2.45, 2.75) is 5.41 Å². The lowest BCUT2D eigenvalue weighted by Crippen LogP contribution is -2.32. The number of hydrogen-bond acceptors (Lipinski definition) is 4. The van der Waals surface area contributed by atoms with E-state index in [1.807, 2.05) is 24.8 Å². The number of benzene rings is 10. The van der Waals surface area contributed by atoms with E-state index in [-0.39, 0.29) is 0 Å². The van der Waals surface area contributed by atoms with E-state index in [1.54, 1.807) is 0 Å². The van der Waals surface area contributed by atoms with Gasteiger partial charge >= 0.3 is 0 Å². The summed E-state index contributed by atoms with van der Waals surface area (Å²) in [5.74, 6) is 1.56. The summed E-state index contributed by atoms with van der Waals surface area (Å²) in [5.41, 5.74) is 20.2. The Morgan fingerprint density at radius 2 is 0.774 bits per heavy atom. The number of rotatable bonds is 5. The maximum atomic E-state index is 7.37. The van der Waals surface area contributed by atoms with Crippen molar-refractivity contribution in [2.24, 2.45) is 0 Å². The predicted molar refractivity (Wildman–Crippen MR) is 340 cm³/mol. The first-order valence-corrected chi connectivity index (χ1v) is 28.6. The van der Waals surface area contributed by atoms with Gasteiger partial charge in [0.2, 0.25) is 0 Å². The van der Waals surface area contributed by atoms with E-state index in [0.717, 1.165) is 129 Å². The summed E-state index contributed by atoms with van der Waals surface area (Å²) >= 11 is 0. The van der Waals surface area contributed by atoms with Gasteiger partial charge in [0, 0.05) is 83.9 Å². The fourth-order valence-electron chi connectivity index (χ4n) is 14.8. The molecule has 1 spiro atoms. The molecule has 390 valence electrons. The Labute approximate surface area is 480 Å². The largest absolute Gasteiger partial charge is 0.457 e. The minimum absolute atomic E-state index is 0.781. The van der Waals surface area contributed by atoms with Crippen LogP contribution in [0.2, 0.25) is 0 Å². The van der Waals surface area contributed by atoms with Crippen LogP contribution in [0.5, 0.6) is 11.5 Å². The predicted octanol–water partition coefficient (Wildman–Crippen LogP) is 18.4. The molecule has 0 bridgehead atoms. The van der Waals surface area contributed by atoms with E-state index in [9.17, 15) is 0 Å². The number of aromatic nitrogens is 7. The maximum absolute atomic E-state index is 7.37. The molecule has 1 aliphatic carbocycles. The highest BCUT2D eigenvalue weighted by molar-refractivity contribution is 6.13. The monoisotopic (exact) mass is 1070 g/mol. The van der Waals surface area contributed by atoms with E-state index >= 15 is 0 Å². The molecule has 0 fully saturated rings. The minimum atomic E-state index is -0.899. The number of ether oxygens (including phenoxy) is 1. The highest BCUT2D eigenvalue weighted by atomic mass is 16.5. The van der Waals surface area contributed by atoms with E-state index in [4.69, 9.17) is 19.7 Å². The summed E-state index contributed by atoms with van der Waals surface area (Å²) in [6.07, 6.45) is 7.85. The molecule has 19 rings (SSSR count). The molecule has 0 saturated heterocycles. The summed E-state index contributed by atoms with van der Waals surface area (Å²) < 4.78 is 16.9. The first kappa shape index (κ1) is 45.4. The quantitative estimate of drug-likeness (QED) is 0.172. The van der Waals surface area contributed by atoms with Crippen LogP contribution in [0.4, 0.5) is 0 Å². The lowest BCUT2D eigenvalue weighted by atomic mass is 9.66. The van der Waals surface area contributed by atoms with Gasteiger partial charge in [0.25, 0.3) is 0 Å². The van der Waals surface area contributed by atoms with Gasteiger partial charge in [0.1, 0.15) is 11.5 Å². The average molecular weight is 1070 g/mol. The van der Waals surface area contributed by atoms with Crippen LogP contribution in [-0.4, -0.2) is 33.2 Å². The molecule has 8 heteroatoms. The van der Waals surface area contributed by atoms with Gasteiger partial charge in [-0.25, -0.2) is 0 Å². The molecule has 10 aromatic carbocycles. The van der Waals surface area contributed by atoms with Crippen molar-refractivity contribution in [1.29, 1.82) is 0 Å². The average Bonchev–Trinajstić information content (AvgIpc) is 1.56. The molecule has 1 aliphatic heterocycles. The van der Waals surface area contributed by atoms with Crippen molar-refractivity contribution in [1.82, 2.24) is 33.2 Å². The Morgan fingerprint density at radius 1 is 0.286 bits per heavy atom. The molecule has 84 heavy (non-hydrogen) atoms. The smallest absolute Gasteiger partial charge is 0.134 e. The Morgan fingerprint density at radius 3 is 1.37 bits per heavy atom. The Balaban J connectivity index is 0.843. The number of fused-ring (bicyclic) bond motifs is 21. The van der Waals surface area contributed by atoms with Gasteiger partial charge in [-0.2, -0.15) is 0 Å². The SMILES string of the molecule is c1cnc2c(c1)C1(c3ccc(-n4c5ccccc5c5ccccc54)cc3Oc3ccc(-c4ccc5c(c4)c4ccccc4n5-c4ccncc4-n4c5ccccc5c5ccccc54)cc31)c1cc(-n3c4ccccc4c4ccccc43)cnc1-2. The zero-order chi connectivity index (χ0) is 54.8. The van der Waals surface area contributed by atoms with Crippen LogP contribution in [-0.2, 0) is 5.41 Å². The van der Waals surface area contributed by atoms with Crippen molar-refractivity contribution in [2.75, 3.05) is 0 Å². The second kappa shape index (κ2) is 16.9. The van der Waals surface area contributed by atoms with Crippen molar-refractivity contribution in [3.05, 3.63) is 296 Å². The highest BCUT2D eigenvalue weighted by Gasteiger charge is 2.53. The van der Waals surface area contributed by atoms with E-state index in [2.05, 4.69) is 267 Å². The molecular weight excluding hydrogens is 1030 g/mol. The molecular formula is C76H45N7O. The van der Waals surface area contributed by atoms with Crippen molar-refractivity contribution in [3.63, 3.8) is 0 Å². The Kier molecular flexibility index (Phi) is 9.11. The van der Waals surface area contributed by atoms with Crippen LogP contribution >= 0.6 is 0 Å². The van der Waals surface area contributed by atoms with Gasteiger partial charge in [-0.1, -0.05) is 152 Å². The summed E-state index contributed by atoms with van der Waals surface area (Å²) in [6, 6.07) is 90.2. The number of nitrogens with zero attached hydrogens (tertiary/aromatic N) is 7. The van der Waals surface area contributed by atoms with Crippen molar-refractivity contribution >= 4 is 87.2 Å². The molecule has 1 atom stereocenters. The zero-order valence-electron chi connectivity index (χ0n) is 45.0. The van der Waals surface area contributed by atoms with Gasteiger partial charge in [-0.15, -0.1) is 0 Å². The van der Waals surface area contributed by atoms with Crippen molar-refractivity contribution < 1.29 is 4.74 Å². The number of para-hydroxylation sites is 7. The first-order chi connectivity index (χ1) is 41.7. The Hall–Kier alpha value is -11.4. The fraction of sp³-hybridized carbons (Fsp3) is 0.0132. The van der Waals surface area contributed by atoms with Crippen LogP contribution in [0, 0.1) is 0 Å². The van der Waals surface area contributed by atoms with Crippen LogP contribution in [0.25, 0.3) is 132 Å². The summed E-state index contributed by atoms with van der Waals surface area (Å²) in [7, 11) is 0. The van der Waals surface area contributed by atoms with Gasteiger partial charge in [0.05, 0.1) is 90.4 Å². The molecule has 0 N–H and O–H groups in total. The molecule has 1 unspecified atom stereocenters. The topological polar surface area (TPSA) is 67.6 Å². The third-order valence-electron chi connectivity index (χ3n) is 18.2. The molecule has 0 amide bonds. The summed E-state index contributed by atoms with van der Waals surface area (Å²) in [5, 5.41) is 9.54. The van der Waals surface area contributed by atoms with Gasteiger partial charge in [-0.05, 0) is 108 Å². The molecule has 17 aromatic rings. The van der Waals surface area contributed by atoms with E-state index in [1.165, 1.54) is 37.7 Å². The lowest BCUT2D eigenvalue weighted by molar-refractivity contribution is 0.436. The van der Waals surface area contributed by atoms with Crippen LogP contribution in [0.1, 0.15) is 22.3 Å².